The molecule has 0 spiro atoms. The Kier molecular flexibility index (Phi) is 8.74. The lowest BCUT2D eigenvalue weighted by Crippen LogP contribution is -2.35. The number of imidazole rings is 1. The normalized spacial score (nSPS) is 14.3. The van der Waals surface area contributed by atoms with Gasteiger partial charge in [0.15, 0.2) is 12.3 Å². The fraction of sp³-hybridized carbons (Fsp3) is 0.310. The topological polar surface area (TPSA) is 130 Å². The third-order valence-corrected chi connectivity index (χ3v) is 7.11. The molecule has 0 atom stereocenters. The molecule has 1 aliphatic rings. The van der Waals surface area contributed by atoms with E-state index in [9.17, 15) is 49.8 Å². The van der Waals surface area contributed by atoms with Crippen molar-refractivity contribution in [3.63, 3.8) is 0 Å². The summed E-state index contributed by atoms with van der Waals surface area (Å²) in [6.45, 7) is -1.38. The number of amides is 2. The summed E-state index contributed by atoms with van der Waals surface area (Å²) >= 11 is 0. The average molecular weight is 673 g/mol. The summed E-state index contributed by atoms with van der Waals surface area (Å²) in [5, 5.41) is 17.3. The van der Waals surface area contributed by atoms with E-state index in [1.807, 2.05) is 0 Å². The molecule has 10 nitrogen and oxygen atoms in total. The second-order valence-electron chi connectivity index (χ2n) is 10.6. The van der Waals surface area contributed by atoms with E-state index in [1.165, 1.54) is 11.6 Å². The first-order chi connectivity index (χ1) is 21.9. The van der Waals surface area contributed by atoms with Gasteiger partial charge in [-0.1, -0.05) is 6.07 Å². The molecule has 0 radical (unpaired) electrons. The van der Waals surface area contributed by atoms with Crippen molar-refractivity contribution >= 4 is 40.3 Å². The van der Waals surface area contributed by atoms with Gasteiger partial charge in [0, 0.05) is 19.3 Å². The number of ether oxygens (including phenoxy) is 1. The highest BCUT2D eigenvalue weighted by Crippen LogP contribution is 2.38. The van der Waals surface area contributed by atoms with Crippen molar-refractivity contribution in [2.75, 3.05) is 17.2 Å². The van der Waals surface area contributed by atoms with Gasteiger partial charge in [-0.25, -0.2) is 13.8 Å². The number of alkyl halides is 8. The van der Waals surface area contributed by atoms with E-state index in [1.54, 1.807) is 0 Å². The molecule has 47 heavy (non-hydrogen) atoms. The van der Waals surface area contributed by atoms with Crippen LogP contribution in [0.15, 0.2) is 48.5 Å². The second kappa shape index (κ2) is 12.3. The highest BCUT2D eigenvalue weighted by molar-refractivity contribution is 6.07. The Morgan fingerprint density at radius 3 is 2.28 bits per heavy atom. The van der Waals surface area contributed by atoms with Gasteiger partial charge in [-0.2, -0.15) is 31.3 Å². The number of nitrogens with one attached hydrogen (secondary N) is 3. The van der Waals surface area contributed by atoms with Crippen LogP contribution in [-0.4, -0.2) is 50.1 Å². The highest BCUT2D eigenvalue weighted by atomic mass is 19.4. The smallest absolute Gasteiger partial charge is 0.418 e. The van der Waals surface area contributed by atoms with E-state index in [0.717, 1.165) is 48.5 Å². The quantitative estimate of drug-likeness (QED) is 0.157. The first kappa shape index (κ1) is 33.4. The van der Waals surface area contributed by atoms with Crippen LogP contribution in [0.25, 0.3) is 11.2 Å². The van der Waals surface area contributed by atoms with E-state index in [2.05, 4.69) is 25.9 Å². The first-order valence-corrected chi connectivity index (χ1v) is 13.7. The Morgan fingerprint density at radius 2 is 1.68 bits per heavy atom. The lowest BCUT2D eigenvalue weighted by molar-refractivity contribution is -0.138. The molecule has 1 saturated carbocycles. The lowest BCUT2D eigenvalue weighted by Gasteiger charge is -2.16. The molecule has 2 aromatic carbocycles. The van der Waals surface area contributed by atoms with Crippen LogP contribution in [0, 0.1) is 0 Å². The minimum atomic E-state index is -4.82. The molecule has 18 heteroatoms. The zero-order valence-corrected chi connectivity index (χ0v) is 24.1. The lowest BCUT2D eigenvalue weighted by atomic mass is 10.1. The molecular weight excluding hydrogens is 648 g/mol. The Bertz CT molecular complexity index is 1820. The van der Waals surface area contributed by atoms with Gasteiger partial charge < -0.3 is 25.8 Å². The average Bonchev–Trinajstić information content (AvgIpc) is 3.68. The van der Waals surface area contributed by atoms with Gasteiger partial charge >= 0.3 is 12.4 Å². The summed E-state index contributed by atoms with van der Waals surface area (Å²) in [6, 6.07) is 7.51. The SMILES string of the molecule is Cn1c(Nc2cc(CNC(=O)C3(O)CC3)ccc2C(F)(F)F)nc2cc(C(=O)Nc3ccc(C(F)(F)F)cc3)c(OCC(F)F)nc21. The van der Waals surface area contributed by atoms with Crippen molar-refractivity contribution in [3.05, 3.63) is 70.8 Å². The van der Waals surface area contributed by atoms with Crippen LogP contribution < -0.4 is 20.7 Å². The van der Waals surface area contributed by atoms with Crippen LogP contribution in [0.3, 0.4) is 0 Å². The zero-order valence-electron chi connectivity index (χ0n) is 24.1. The Labute approximate surface area is 259 Å². The fourth-order valence-electron chi connectivity index (χ4n) is 4.43. The number of anilines is 3. The number of benzene rings is 2. The Morgan fingerprint density at radius 1 is 1.00 bits per heavy atom. The van der Waals surface area contributed by atoms with Crippen molar-refractivity contribution in [2.45, 2.75) is 43.8 Å². The zero-order chi connectivity index (χ0) is 34.3. The van der Waals surface area contributed by atoms with Crippen molar-refractivity contribution in [1.29, 1.82) is 0 Å². The summed E-state index contributed by atoms with van der Waals surface area (Å²) in [5.41, 5.74) is -4.45. The van der Waals surface area contributed by atoms with Crippen molar-refractivity contribution in [1.82, 2.24) is 19.9 Å². The van der Waals surface area contributed by atoms with E-state index in [0.29, 0.717) is 0 Å². The van der Waals surface area contributed by atoms with Gasteiger partial charge in [-0.3, -0.25) is 14.2 Å². The van der Waals surface area contributed by atoms with Gasteiger partial charge in [0.1, 0.15) is 16.7 Å². The number of carbonyl (C=O) groups is 2. The summed E-state index contributed by atoms with van der Waals surface area (Å²) < 4.78 is 113. The predicted octanol–water partition coefficient (Wildman–Crippen LogP) is 5.79. The molecule has 0 bridgehead atoms. The molecule has 2 amide bonds. The molecule has 2 aromatic heterocycles. The van der Waals surface area contributed by atoms with Gasteiger partial charge in [0.05, 0.1) is 16.8 Å². The number of pyridine rings is 1. The van der Waals surface area contributed by atoms with Crippen LogP contribution in [0.5, 0.6) is 5.88 Å². The van der Waals surface area contributed by atoms with Crippen LogP contribution in [0.4, 0.5) is 52.4 Å². The van der Waals surface area contributed by atoms with E-state index in [-0.39, 0.29) is 47.7 Å². The molecule has 0 unspecified atom stereocenters. The molecule has 0 aliphatic heterocycles. The molecule has 0 saturated heterocycles. The van der Waals surface area contributed by atoms with Gasteiger partial charge in [0.25, 0.3) is 18.2 Å². The fourth-order valence-corrected chi connectivity index (χ4v) is 4.43. The minimum absolute atomic E-state index is 0.0756. The number of hydrogen-bond donors (Lipinski definition) is 4. The molecule has 4 aromatic rings. The molecule has 250 valence electrons. The maximum Gasteiger partial charge on any atom is 0.418 e. The summed E-state index contributed by atoms with van der Waals surface area (Å²) in [7, 11) is 1.34. The molecule has 1 fully saturated rings. The second-order valence-corrected chi connectivity index (χ2v) is 10.6. The number of carbonyl (C=O) groups excluding carboxylic acids is 2. The molecule has 2 heterocycles. The molecule has 1 aliphatic carbocycles. The maximum atomic E-state index is 13.9. The standard InChI is InChI=1S/C29H24F8N6O4/c1-43-22-20(11-17(24(42-22)47-13-21(30)31)23(44)39-16-5-3-15(4-6-16)28(32,33)34)41-26(43)40-19-10-14(2-7-18(19)29(35,36)37)12-38-25(45)27(46)8-9-27/h2-7,10-11,21,46H,8-9,12-13H2,1H3,(H,38,45)(H,39,44)(H,40,41). The van der Waals surface area contributed by atoms with Gasteiger partial charge in [-0.05, 0) is 60.9 Å². The third-order valence-electron chi connectivity index (χ3n) is 7.11. The summed E-state index contributed by atoms with van der Waals surface area (Å²) in [4.78, 5) is 33.5. The number of aryl methyl sites for hydroxylation is 1. The molecular formula is C29H24F8N6O4. The van der Waals surface area contributed by atoms with Gasteiger partial charge in [0.2, 0.25) is 11.8 Å². The number of aliphatic hydroxyl groups is 1. The monoisotopic (exact) mass is 672 g/mol. The maximum absolute atomic E-state index is 13.9. The Hall–Kier alpha value is -5.00. The molecule has 5 rings (SSSR count). The van der Waals surface area contributed by atoms with Gasteiger partial charge in [-0.15, -0.1) is 0 Å². The van der Waals surface area contributed by atoms with E-state index >= 15 is 0 Å². The first-order valence-electron chi connectivity index (χ1n) is 13.7. The van der Waals surface area contributed by atoms with Crippen molar-refractivity contribution in [3.8, 4) is 5.88 Å². The van der Waals surface area contributed by atoms with Crippen LogP contribution in [0.2, 0.25) is 0 Å². The number of fused-ring (bicyclic) bond motifs is 1. The number of rotatable bonds is 10. The van der Waals surface area contributed by atoms with Crippen LogP contribution >= 0.6 is 0 Å². The summed E-state index contributed by atoms with van der Waals surface area (Å²) in [5.74, 6) is -2.47. The van der Waals surface area contributed by atoms with Crippen LogP contribution in [0.1, 0.15) is 39.9 Å². The van der Waals surface area contributed by atoms with Crippen molar-refractivity contribution < 1.29 is 54.6 Å². The minimum Gasteiger partial charge on any atom is -0.471 e. The van der Waals surface area contributed by atoms with Crippen molar-refractivity contribution in [2.24, 2.45) is 7.05 Å². The third kappa shape index (κ3) is 7.53. The number of hydrogen-bond acceptors (Lipinski definition) is 7. The predicted molar refractivity (Wildman–Crippen MR) is 150 cm³/mol. The molecule has 4 N–H and O–H groups in total. The highest BCUT2D eigenvalue weighted by Gasteiger charge is 2.47. The number of aromatic nitrogens is 3. The van der Waals surface area contributed by atoms with Crippen LogP contribution in [-0.2, 0) is 30.7 Å². The largest absolute Gasteiger partial charge is 0.471 e. The summed E-state index contributed by atoms with van der Waals surface area (Å²) in [6.07, 6.45) is -11.9. The Balaban J connectivity index is 1.46. The number of nitrogens with zero attached hydrogens (tertiary/aromatic N) is 3. The van der Waals surface area contributed by atoms with E-state index < -0.39 is 71.1 Å². The number of halogens is 8. The van der Waals surface area contributed by atoms with E-state index in [4.69, 9.17) is 4.74 Å².